The lowest BCUT2D eigenvalue weighted by atomic mass is 10.2. The average molecular weight is 423 g/mol. The standard InChI is InChI=1S/C21H21N5O3S/c1-4-28-18-11-7-16(8-12-18)26-20(15-5-9-17(27-3)10-6-15)24-25-21(26)30-13-19-23-22-14(2)29-19/h5-12H,4,13H2,1-3H3. The molecule has 0 saturated heterocycles. The van der Waals surface area contributed by atoms with Crippen molar-refractivity contribution in [3.05, 3.63) is 60.3 Å². The highest BCUT2D eigenvalue weighted by Crippen LogP contribution is 2.31. The highest BCUT2D eigenvalue weighted by atomic mass is 32.2. The minimum atomic E-state index is 0.499. The van der Waals surface area contributed by atoms with Crippen molar-refractivity contribution in [3.8, 4) is 28.6 Å². The zero-order valence-corrected chi connectivity index (χ0v) is 17.7. The van der Waals surface area contributed by atoms with Gasteiger partial charge in [0.25, 0.3) is 0 Å². The van der Waals surface area contributed by atoms with Crippen molar-refractivity contribution in [2.75, 3.05) is 13.7 Å². The van der Waals surface area contributed by atoms with Crippen molar-refractivity contribution in [3.63, 3.8) is 0 Å². The fourth-order valence-corrected chi connectivity index (χ4v) is 3.69. The van der Waals surface area contributed by atoms with Gasteiger partial charge in [-0.25, -0.2) is 0 Å². The minimum Gasteiger partial charge on any atom is -0.497 e. The third kappa shape index (κ3) is 4.30. The highest BCUT2D eigenvalue weighted by molar-refractivity contribution is 7.98. The molecule has 4 aromatic rings. The molecule has 0 aliphatic heterocycles. The number of hydrogen-bond donors (Lipinski definition) is 0. The van der Waals surface area contributed by atoms with Crippen LogP contribution in [0.5, 0.6) is 11.5 Å². The van der Waals surface area contributed by atoms with Crippen LogP contribution >= 0.6 is 11.8 Å². The second-order valence-corrected chi connectivity index (χ2v) is 7.24. The lowest BCUT2D eigenvalue weighted by Crippen LogP contribution is -2.00. The first-order valence-corrected chi connectivity index (χ1v) is 10.4. The van der Waals surface area contributed by atoms with E-state index in [-0.39, 0.29) is 0 Å². The predicted octanol–water partition coefficient (Wildman–Crippen LogP) is 4.33. The van der Waals surface area contributed by atoms with E-state index >= 15 is 0 Å². The molecule has 154 valence electrons. The van der Waals surface area contributed by atoms with Crippen molar-refractivity contribution in [1.29, 1.82) is 0 Å². The van der Waals surface area contributed by atoms with Crippen LogP contribution in [-0.4, -0.2) is 38.7 Å². The molecule has 0 radical (unpaired) electrons. The van der Waals surface area contributed by atoms with E-state index < -0.39 is 0 Å². The molecule has 0 bridgehead atoms. The molecule has 0 saturated carbocycles. The van der Waals surface area contributed by atoms with E-state index in [1.807, 2.05) is 60.0 Å². The van der Waals surface area contributed by atoms with Crippen molar-refractivity contribution >= 4 is 11.8 Å². The van der Waals surface area contributed by atoms with Gasteiger partial charge in [-0.1, -0.05) is 11.8 Å². The Bertz CT molecular complexity index is 1110. The molecule has 0 atom stereocenters. The highest BCUT2D eigenvalue weighted by Gasteiger charge is 2.17. The molecule has 0 fully saturated rings. The first-order chi connectivity index (χ1) is 14.7. The van der Waals surface area contributed by atoms with E-state index in [1.165, 1.54) is 11.8 Å². The van der Waals surface area contributed by atoms with Gasteiger partial charge in [-0.3, -0.25) is 4.57 Å². The van der Waals surface area contributed by atoms with Crippen molar-refractivity contribution in [2.24, 2.45) is 0 Å². The SMILES string of the molecule is CCOc1ccc(-n2c(SCc3nnc(C)o3)nnc2-c2ccc(OC)cc2)cc1. The maximum Gasteiger partial charge on any atom is 0.226 e. The normalized spacial score (nSPS) is 10.9. The quantitative estimate of drug-likeness (QED) is 0.387. The largest absolute Gasteiger partial charge is 0.497 e. The molecule has 0 amide bonds. The second-order valence-electron chi connectivity index (χ2n) is 6.30. The van der Waals surface area contributed by atoms with Crippen LogP contribution in [0.25, 0.3) is 17.1 Å². The summed E-state index contributed by atoms with van der Waals surface area (Å²) in [7, 11) is 1.64. The van der Waals surface area contributed by atoms with E-state index in [9.17, 15) is 0 Å². The van der Waals surface area contributed by atoms with E-state index in [0.717, 1.165) is 33.7 Å². The summed E-state index contributed by atoms with van der Waals surface area (Å²) in [4.78, 5) is 0. The van der Waals surface area contributed by atoms with Crippen LogP contribution in [0.4, 0.5) is 0 Å². The molecular weight excluding hydrogens is 402 g/mol. The number of nitrogens with zero attached hydrogens (tertiary/aromatic N) is 5. The van der Waals surface area contributed by atoms with Gasteiger partial charge in [-0.05, 0) is 55.5 Å². The van der Waals surface area contributed by atoms with Gasteiger partial charge in [0.2, 0.25) is 11.8 Å². The van der Waals surface area contributed by atoms with Crippen molar-refractivity contribution in [2.45, 2.75) is 24.8 Å². The molecule has 8 nitrogen and oxygen atoms in total. The van der Waals surface area contributed by atoms with E-state index in [1.54, 1.807) is 14.0 Å². The molecule has 0 N–H and O–H groups in total. The molecule has 0 aliphatic rings. The maximum absolute atomic E-state index is 5.57. The zero-order valence-electron chi connectivity index (χ0n) is 16.9. The number of rotatable bonds is 8. The first-order valence-electron chi connectivity index (χ1n) is 9.42. The van der Waals surface area contributed by atoms with Gasteiger partial charge in [-0.15, -0.1) is 20.4 Å². The second kappa shape index (κ2) is 9.00. The Morgan fingerprint density at radius 2 is 1.67 bits per heavy atom. The molecule has 0 aliphatic carbocycles. The Morgan fingerprint density at radius 1 is 0.933 bits per heavy atom. The zero-order chi connectivity index (χ0) is 20.9. The Hall–Kier alpha value is -3.33. The van der Waals surface area contributed by atoms with Crippen LogP contribution in [0.3, 0.4) is 0 Å². The fraction of sp³-hybridized carbons (Fsp3) is 0.238. The first kappa shape index (κ1) is 20.0. The Kier molecular flexibility index (Phi) is 5.99. The van der Waals surface area contributed by atoms with Gasteiger partial charge in [0, 0.05) is 18.2 Å². The van der Waals surface area contributed by atoms with Crippen LogP contribution in [0.15, 0.2) is 58.1 Å². The fourth-order valence-electron chi connectivity index (χ4n) is 2.90. The van der Waals surface area contributed by atoms with Gasteiger partial charge in [-0.2, -0.15) is 0 Å². The monoisotopic (exact) mass is 423 g/mol. The molecule has 4 rings (SSSR count). The number of hydrogen-bond acceptors (Lipinski definition) is 8. The average Bonchev–Trinajstić information content (AvgIpc) is 3.39. The molecule has 2 heterocycles. The molecule has 0 spiro atoms. The van der Waals surface area contributed by atoms with E-state index in [2.05, 4.69) is 20.4 Å². The van der Waals surface area contributed by atoms with Crippen LogP contribution in [-0.2, 0) is 5.75 Å². The summed E-state index contributed by atoms with van der Waals surface area (Å²) in [5.41, 5.74) is 1.86. The van der Waals surface area contributed by atoms with E-state index in [0.29, 0.717) is 24.1 Å². The third-order valence-corrected chi connectivity index (χ3v) is 5.19. The molecule has 0 unspecified atom stereocenters. The third-order valence-electron chi connectivity index (χ3n) is 4.28. The lowest BCUT2D eigenvalue weighted by molar-refractivity contribution is 0.340. The summed E-state index contributed by atoms with van der Waals surface area (Å²) < 4.78 is 18.3. The number of methoxy groups -OCH3 is 1. The Morgan fingerprint density at radius 3 is 2.30 bits per heavy atom. The molecule has 9 heteroatoms. The smallest absolute Gasteiger partial charge is 0.226 e. The summed E-state index contributed by atoms with van der Waals surface area (Å²) in [6.45, 7) is 4.35. The summed E-state index contributed by atoms with van der Waals surface area (Å²) in [6.07, 6.45) is 0. The molecule has 2 aromatic heterocycles. The number of aryl methyl sites for hydroxylation is 1. The molecular formula is C21H21N5O3S. The summed E-state index contributed by atoms with van der Waals surface area (Å²) >= 11 is 1.48. The summed E-state index contributed by atoms with van der Waals surface area (Å²) in [5, 5.41) is 17.5. The summed E-state index contributed by atoms with van der Waals surface area (Å²) in [5.74, 6) is 3.91. The van der Waals surface area contributed by atoms with Crippen LogP contribution < -0.4 is 9.47 Å². The maximum atomic E-state index is 5.57. The lowest BCUT2D eigenvalue weighted by Gasteiger charge is -2.11. The van der Waals surface area contributed by atoms with E-state index in [4.69, 9.17) is 13.9 Å². The summed E-state index contributed by atoms with van der Waals surface area (Å²) in [6, 6.07) is 15.6. The van der Waals surface area contributed by atoms with Gasteiger partial charge in [0.15, 0.2) is 11.0 Å². The van der Waals surface area contributed by atoms with Gasteiger partial charge in [0.05, 0.1) is 19.5 Å². The minimum absolute atomic E-state index is 0.499. The van der Waals surface area contributed by atoms with Gasteiger partial charge < -0.3 is 13.9 Å². The van der Waals surface area contributed by atoms with Crippen LogP contribution in [0, 0.1) is 6.92 Å². The molecule has 30 heavy (non-hydrogen) atoms. The Labute approximate surface area is 178 Å². The van der Waals surface area contributed by atoms with Crippen LogP contribution in [0.1, 0.15) is 18.7 Å². The number of benzene rings is 2. The number of thioether (sulfide) groups is 1. The molecule has 2 aromatic carbocycles. The number of aromatic nitrogens is 5. The Balaban J connectivity index is 1.70. The number of ether oxygens (including phenoxy) is 2. The van der Waals surface area contributed by atoms with Gasteiger partial charge >= 0.3 is 0 Å². The van der Waals surface area contributed by atoms with Crippen molar-refractivity contribution in [1.82, 2.24) is 25.0 Å². The van der Waals surface area contributed by atoms with Crippen LogP contribution in [0.2, 0.25) is 0 Å². The topological polar surface area (TPSA) is 88.1 Å². The van der Waals surface area contributed by atoms with Gasteiger partial charge in [0.1, 0.15) is 11.5 Å². The van der Waals surface area contributed by atoms with Crippen molar-refractivity contribution < 1.29 is 13.9 Å². The predicted molar refractivity (Wildman–Crippen MR) is 113 cm³/mol.